The number of hydrogen-bond donors (Lipinski definition) is 2. The molecule has 0 unspecified atom stereocenters. The van der Waals surface area contributed by atoms with E-state index in [4.69, 9.17) is 5.73 Å². The minimum absolute atomic E-state index is 0. The number of nitrogens with one attached hydrogen (secondary N) is 1. The number of aliphatic imine (C=N–C) groups is 1. The number of nitrogens with two attached hydrogens (primary N) is 1. The SMILES string of the molecule is I.NC(=NCCS(=O)(=O)c1ccccc1)NC1CCCCC1. The standard InChI is InChI=1S/C15H23N3O2S.HI/c16-15(18-13-7-3-1-4-8-13)17-11-12-21(19,20)14-9-5-2-6-10-14;/h2,5-6,9-10,13H,1,3-4,7-8,11-12H2,(H3,16,17,18);1H. The number of nitrogens with zero attached hydrogens (tertiary/aromatic N) is 1. The first kappa shape index (κ1) is 19.2. The summed E-state index contributed by atoms with van der Waals surface area (Å²) >= 11 is 0. The zero-order chi connectivity index (χ0) is 15.1. The third kappa shape index (κ3) is 6.12. The molecule has 3 N–H and O–H groups in total. The van der Waals surface area contributed by atoms with Crippen LogP contribution in [0.15, 0.2) is 40.2 Å². The van der Waals surface area contributed by atoms with Gasteiger partial charge < -0.3 is 11.1 Å². The van der Waals surface area contributed by atoms with Gasteiger partial charge in [-0.2, -0.15) is 0 Å². The second kappa shape index (κ2) is 9.34. The van der Waals surface area contributed by atoms with Crippen molar-refractivity contribution in [1.29, 1.82) is 0 Å². The summed E-state index contributed by atoms with van der Waals surface area (Å²) in [7, 11) is -3.28. The van der Waals surface area contributed by atoms with Gasteiger partial charge in [0, 0.05) is 6.04 Å². The van der Waals surface area contributed by atoms with Crippen molar-refractivity contribution in [2.24, 2.45) is 10.7 Å². The number of hydrogen-bond acceptors (Lipinski definition) is 3. The molecule has 0 heterocycles. The van der Waals surface area contributed by atoms with Crippen molar-refractivity contribution in [3.05, 3.63) is 30.3 Å². The summed E-state index contributed by atoms with van der Waals surface area (Å²) < 4.78 is 24.1. The highest BCUT2D eigenvalue weighted by molar-refractivity contribution is 14.0. The summed E-state index contributed by atoms with van der Waals surface area (Å²) in [5.41, 5.74) is 5.82. The van der Waals surface area contributed by atoms with Gasteiger partial charge in [-0.05, 0) is 25.0 Å². The summed E-state index contributed by atoms with van der Waals surface area (Å²) in [6, 6.07) is 8.81. The van der Waals surface area contributed by atoms with Crippen molar-refractivity contribution in [3.8, 4) is 0 Å². The van der Waals surface area contributed by atoms with Crippen LogP contribution in [0.1, 0.15) is 32.1 Å². The van der Waals surface area contributed by atoms with Gasteiger partial charge in [0.2, 0.25) is 0 Å². The summed E-state index contributed by atoms with van der Waals surface area (Å²) in [4.78, 5) is 4.47. The molecule has 0 aromatic heterocycles. The Labute approximate surface area is 149 Å². The van der Waals surface area contributed by atoms with Crippen LogP contribution in [0.4, 0.5) is 0 Å². The Morgan fingerprint density at radius 2 is 1.82 bits per heavy atom. The lowest BCUT2D eigenvalue weighted by Gasteiger charge is -2.23. The van der Waals surface area contributed by atoms with Gasteiger partial charge in [-0.3, -0.25) is 4.99 Å². The topological polar surface area (TPSA) is 84.5 Å². The molecule has 0 spiro atoms. The minimum Gasteiger partial charge on any atom is -0.370 e. The Kier molecular flexibility index (Phi) is 8.16. The molecule has 1 aliphatic rings. The molecule has 1 fully saturated rings. The van der Waals surface area contributed by atoms with Crippen molar-refractivity contribution in [2.75, 3.05) is 12.3 Å². The molecule has 22 heavy (non-hydrogen) atoms. The molecule has 5 nitrogen and oxygen atoms in total. The van der Waals surface area contributed by atoms with E-state index in [-0.39, 0.29) is 36.3 Å². The highest BCUT2D eigenvalue weighted by Crippen LogP contribution is 2.17. The summed E-state index contributed by atoms with van der Waals surface area (Å²) in [5, 5.41) is 3.18. The van der Waals surface area contributed by atoms with Gasteiger partial charge in [0.15, 0.2) is 15.8 Å². The number of sulfone groups is 1. The summed E-state index contributed by atoms with van der Waals surface area (Å²) in [6.07, 6.45) is 5.93. The molecule has 0 amide bonds. The van der Waals surface area contributed by atoms with Crippen molar-refractivity contribution in [2.45, 2.75) is 43.0 Å². The average Bonchev–Trinajstić information content (AvgIpc) is 2.49. The predicted octanol–water partition coefficient (Wildman–Crippen LogP) is 2.32. The molecule has 0 radical (unpaired) electrons. The molecule has 0 bridgehead atoms. The van der Waals surface area contributed by atoms with Crippen molar-refractivity contribution < 1.29 is 8.42 Å². The maximum Gasteiger partial charge on any atom is 0.188 e. The van der Waals surface area contributed by atoms with E-state index in [9.17, 15) is 8.42 Å². The smallest absolute Gasteiger partial charge is 0.188 e. The molecule has 124 valence electrons. The lowest BCUT2D eigenvalue weighted by molar-refractivity contribution is 0.412. The highest BCUT2D eigenvalue weighted by atomic mass is 127. The van der Waals surface area contributed by atoms with E-state index in [0.29, 0.717) is 16.9 Å². The van der Waals surface area contributed by atoms with E-state index in [1.54, 1.807) is 30.3 Å². The van der Waals surface area contributed by atoms with Crippen LogP contribution in [0.2, 0.25) is 0 Å². The monoisotopic (exact) mass is 437 g/mol. The number of guanidine groups is 1. The van der Waals surface area contributed by atoms with E-state index in [1.165, 1.54) is 19.3 Å². The highest BCUT2D eigenvalue weighted by Gasteiger charge is 2.15. The lowest BCUT2D eigenvalue weighted by Crippen LogP contribution is -2.41. The van der Waals surface area contributed by atoms with E-state index in [1.807, 2.05) is 0 Å². The Hall–Kier alpha value is -0.830. The zero-order valence-electron chi connectivity index (χ0n) is 12.6. The normalized spacial score (nSPS) is 16.8. The maximum atomic E-state index is 12.1. The molecule has 1 aromatic carbocycles. The molecule has 7 heteroatoms. The van der Waals surface area contributed by atoms with Gasteiger partial charge in [-0.15, -0.1) is 24.0 Å². The lowest BCUT2D eigenvalue weighted by atomic mass is 9.96. The number of benzene rings is 1. The van der Waals surface area contributed by atoms with E-state index < -0.39 is 9.84 Å². The molecular formula is C15H24IN3O2S. The van der Waals surface area contributed by atoms with E-state index >= 15 is 0 Å². The fourth-order valence-electron chi connectivity index (χ4n) is 2.53. The van der Waals surface area contributed by atoms with Crippen LogP contribution in [0.25, 0.3) is 0 Å². The Balaban J connectivity index is 0.00000242. The van der Waals surface area contributed by atoms with Crippen LogP contribution in [0.3, 0.4) is 0 Å². The van der Waals surface area contributed by atoms with Crippen molar-refractivity contribution >= 4 is 39.8 Å². The molecule has 0 aliphatic heterocycles. The minimum atomic E-state index is -3.28. The van der Waals surface area contributed by atoms with Crippen molar-refractivity contribution in [1.82, 2.24) is 5.32 Å². The predicted molar refractivity (Wildman–Crippen MR) is 100 cm³/mol. The molecule has 0 saturated heterocycles. The van der Waals surface area contributed by atoms with E-state index in [2.05, 4.69) is 10.3 Å². The Morgan fingerprint density at radius 3 is 2.45 bits per heavy atom. The van der Waals surface area contributed by atoms with Gasteiger partial charge in [0.25, 0.3) is 0 Å². The van der Waals surface area contributed by atoms with Crippen molar-refractivity contribution in [3.63, 3.8) is 0 Å². The quantitative estimate of drug-likeness (QED) is 0.421. The molecule has 2 rings (SSSR count). The van der Waals surface area contributed by atoms with Crippen LogP contribution < -0.4 is 11.1 Å². The third-order valence-corrected chi connectivity index (χ3v) is 5.41. The number of rotatable bonds is 5. The molecule has 1 aromatic rings. The molecular weight excluding hydrogens is 413 g/mol. The van der Waals surface area contributed by atoms with Gasteiger partial charge in [0.05, 0.1) is 17.2 Å². The molecule has 0 atom stereocenters. The fraction of sp³-hybridized carbons (Fsp3) is 0.533. The second-order valence-electron chi connectivity index (χ2n) is 5.38. The van der Waals surface area contributed by atoms with Crippen LogP contribution in [-0.2, 0) is 9.84 Å². The molecule has 1 saturated carbocycles. The first-order valence-corrected chi connectivity index (χ1v) is 9.07. The van der Waals surface area contributed by atoms with Gasteiger partial charge in [0.1, 0.15) is 0 Å². The number of halogens is 1. The van der Waals surface area contributed by atoms with Crippen LogP contribution >= 0.6 is 24.0 Å². The Bertz CT molecular complexity index is 570. The fourth-order valence-corrected chi connectivity index (χ4v) is 3.67. The largest absolute Gasteiger partial charge is 0.370 e. The summed E-state index contributed by atoms with van der Waals surface area (Å²) in [6.45, 7) is 0.183. The van der Waals surface area contributed by atoms with Crippen LogP contribution in [0.5, 0.6) is 0 Å². The maximum absolute atomic E-state index is 12.1. The summed E-state index contributed by atoms with van der Waals surface area (Å²) in [5.74, 6) is 0.328. The molecule has 1 aliphatic carbocycles. The average molecular weight is 437 g/mol. The van der Waals surface area contributed by atoms with Gasteiger partial charge in [-0.1, -0.05) is 37.5 Å². The third-order valence-electron chi connectivity index (χ3n) is 3.70. The van der Waals surface area contributed by atoms with Crippen LogP contribution in [-0.4, -0.2) is 32.7 Å². The first-order valence-electron chi connectivity index (χ1n) is 7.42. The van der Waals surface area contributed by atoms with Gasteiger partial charge in [-0.25, -0.2) is 8.42 Å². The first-order chi connectivity index (χ1) is 10.1. The zero-order valence-corrected chi connectivity index (χ0v) is 15.7. The van der Waals surface area contributed by atoms with E-state index in [0.717, 1.165) is 12.8 Å². The second-order valence-corrected chi connectivity index (χ2v) is 7.49. The van der Waals surface area contributed by atoms with Gasteiger partial charge >= 0.3 is 0 Å². The van der Waals surface area contributed by atoms with Crippen LogP contribution in [0, 0.1) is 0 Å². The Morgan fingerprint density at radius 1 is 1.18 bits per heavy atom.